The third-order valence-electron chi connectivity index (χ3n) is 2.88. The molecule has 1 N–H and O–H groups in total. The van der Waals surface area contributed by atoms with Crippen molar-refractivity contribution in [3.05, 3.63) is 0 Å². The molecule has 1 atom stereocenters. The number of alkyl halides is 3. The van der Waals surface area contributed by atoms with Crippen LogP contribution in [0.5, 0.6) is 0 Å². The Kier molecular flexibility index (Phi) is 4.58. The lowest BCUT2D eigenvalue weighted by atomic mass is 10.0. The quantitative estimate of drug-likeness (QED) is 0.820. The van der Waals surface area contributed by atoms with E-state index in [0.29, 0.717) is 32.4 Å². The maximum atomic E-state index is 12.0. The molecule has 0 aliphatic carbocycles. The summed E-state index contributed by atoms with van der Waals surface area (Å²) in [6.07, 6.45) is -3.26. The molecule has 3 nitrogen and oxygen atoms in total. The Morgan fingerprint density at radius 1 is 1.31 bits per heavy atom. The number of likely N-dealkylation sites (tertiary alicyclic amines) is 1. The predicted molar refractivity (Wildman–Crippen MR) is 52.1 cm³/mol. The lowest BCUT2D eigenvalue weighted by molar-refractivity contribution is -0.142. The minimum Gasteiger partial charge on any atom is -0.481 e. The van der Waals surface area contributed by atoms with E-state index in [4.69, 9.17) is 5.11 Å². The smallest absolute Gasteiger partial charge is 0.390 e. The van der Waals surface area contributed by atoms with Crippen LogP contribution in [0.1, 0.15) is 25.7 Å². The van der Waals surface area contributed by atoms with Gasteiger partial charge in [0.25, 0.3) is 0 Å². The standard InChI is InChI=1S/C10H16F3NO2/c11-10(12,13)4-7-14-5-1-2-8(3-6-14)9(15)16/h8H,1-7H2,(H,15,16). The summed E-state index contributed by atoms with van der Waals surface area (Å²) in [5.41, 5.74) is 0. The van der Waals surface area contributed by atoms with Gasteiger partial charge in [-0.3, -0.25) is 4.79 Å². The van der Waals surface area contributed by atoms with E-state index in [9.17, 15) is 18.0 Å². The van der Waals surface area contributed by atoms with Gasteiger partial charge in [-0.05, 0) is 32.4 Å². The summed E-state index contributed by atoms with van der Waals surface area (Å²) in [6, 6.07) is 0. The molecule has 1 fully saturated rings. The van der Waals surface area contributed by atoms with Crippen LogP contribution in [-0.4, -0.2) is 41.8 Å². The minimum absolute atomic E-state index is 0.0180. The molecule has 1 unspecified atom stereocenters. The molecular weight excluding hydrogens is 223 g/mol. The van der Waals surface area contributed by atoms with Crippen molar-refractivity contribution in [3.63, 3.8) is 0 Å². The van der Waals surface area contributed by atoms with Crippen LogP contribution in [0.4, 0.5) is 13.2 Å². The first-order chi connectivity index (χ1) is 7.38. The fraction of sp³-hybridized carbons (Fsp3) is 0.900. The van der Waals surface area contributed by atoms with Crippen LogP contribution in [0.15, 0.2) is 0 Å². The summed E-state index contributed by atoms with van der Waals surface area (Å²) >= 11 is 0. The predicted octanol–water partition coefficient (Wildman–Crippen LogP) is 2.13. The summed E-state index contributed by atoms with van der Waals surface area (Å²) in [5, 5.41) is 8.81. The van der Waals surface area contributed by atoms with Gasteiger partial charge in [-0.2, -0.15) is 13.2 Å². The fourth-order valence-corrected chi connectivity index (χ4v) is 1.91. The SMILES string of the molecule is O=C(O)C1CCCN(CCC(F)(F)F)CC1. The zero-order valence-corrected chi connectivity index (χ0v) is 8.96. The summed E-state index contributed by atoms with van der Waals surface area (Å²) in [6.45, 7) is 1.00. The average Bonchev–Trinajstić information content (AvgIpc) is 2.38. The highest BCUT2D eigenvalue weighted by molar-refractivity contribution is 5.69. The number of halogens is 3. The first kappa shape index (κ1) is 13.3. The third kappa shape index (κ3) is 4.83. The van der Waals surface area contributed by atoms with E-state index in [1.54, 1.807) is 4.90 Å². The Balaban J connectivity index is 2.33. The molecule has 0 radical (unpaired) electrons. The lowest BCUT2D eigenvalue weighted by Gasteiger charge is -2.20. The lowest BCUT2D eigenvalue weighted by Crippen LogP contribution is -2.29. The molecule has 1 rings (SSSR count). The van der Waals surface area contributed by atoms with E-state index in [1.165, 1.54) is 0 Å². The van der Waals surface area contributed by atoms with Gasteiger partial charge < -0.3 is 10.0 Å². The number of carboxylic acid groups (broad SMARTS) is 1. The van der Waals surface area contributed by atoms with Gasteiger partial charge in [0.15, 0.2) is 0 Å². The van der Waals surface area contributed by atoms with Crippen LogP contribution in [-0.2, 0) is 4.79 Å². The maximum absolute atomic E-state index is 12.0. The molecule has 16 heavy (non-hydrogen) atoms. The van der Waals surface area contributed by atoms with E-state index in [-0.39, 0.29) is 6.54 Å². The van der Waals surface area contributed by atoms with Gasteiger partial charge in [0, 0.05) is 6.54 Å². The van der Waals surface area contributed by atoms with Gasteiger partial charge in [-0.15, -0.1) is 0 Å². The van der Waals surface area contributed by atoms with Gasteiger partial charge in [0.1, 0.15) is 0 Å². The number of aliphatic carboxylic acids is 1. The van der Waals surface area contributed by atoms with Crippen molar-refractivity contribution >= 4 is 5.97 Å². The Labute approximate surface area is 92.2 Å². The molecule has 0 spiro atoms. The zero-order chi connectivity index (χ0) is 12.2. The Bertz CT molecular complexity index is 243. The molecule has 0 bridgehead atoms. The molecule has 0 saturated carbocycles. The largest absolute Gasteiger partial charge is 0.481 e. The van der Waals surface area contributed by atoms with Gasteiger partial charge in [-0.25, -0.2) is 0 Å². The van der Waals surface area contributed by atoms with Crippen LogP contribution in [0.3, 0.4) is 0 Å². The van der Waals surface area contributed by atoms with Crippen molar-refractivity contribution in [1.82, 2.24) is 4.90 Å². The van der Waals surface area contributed by atoms with Crippen molar-refractivity contribution in [2.45, 2.75) is 31.9 Å². The number of rotatable bonds is 3. The number of nitrogens with zero attached hydrogens (tertiary/aromatic N) is 1. The molecule has 0 aromatic carbocycles. The fourth-order valence-electron chi connectivity index (χ4n) is 1.91. The van der Waals surface area contributed by atoms with Crippen molar-refractivity contribution < 1.29 is 23.1 Å². The highest BCUT2D eigenvalue weighted by Crippen LogP contribution is 2.22. The average molecular weight is 239 g/mol. The first-order valence-electron chi connectivity index (χ1n) is 5.40. The Morgan fingerprint density at radius 3 is 2.56 bits per heavy atom. The van der Waals surface area contributed by atoms with E-state index >= 15 is 0 Å². The van der Waals surface area contributed by atoms with Gasteiger partial charge in [-0.1, -0.05) is 0 Å². The van der Waals surface area contributed by atoms with E-state index in [1.807, 2.05) is 0 Å². The monoisotopic (exact) mass is 239 g/mol. The third-order valence-corrected chi connectivity index (χ3v) is 2.88. The number of carbonyl (C=O) groups is 1. The molecule has 0 aromatic rings. The highest BCUT2D eigenvalue weighted by atomic mass is 19.4. The summed E-state index contributed by atoms with van der Waals surface area (Å²) in [7, 11) is 0. The van der Waals surface area contributed by atoms with Crippen molar-refractivity contribution in [2.75, 3.05) is 19.6 Å². The second kappa shape index (κ2) is 5.52. The normalized spacial score (nSPS) is 24.1. The Morgan fingerprint density at radius 2 is 2.00 bits per heavy atom. The Hall–Kier alpha value is -0.780. The highest BCUT2D eigenvalue weighted by Gasteiger charge is 2.29. The topological polar surface area (TPSA) is 40.5 Å². The summed E-state index contributed by atoms with van der Waals surface area (Å²) < 4.78 is 36.0. The van der Waals surface area contributed by atoms with Crippen LogP contribution in [0.25, 0.3) is 0 Å². The molecule has 1 saturated heterocycles. The van der Waals surface area contributed by atoms with Crippen molar-refractivity contribution in [3.8, 4) is 0 Å². The molecule has 94 valence electrons. The molecule has 1 aliphatic rings. The molecular formula is C10H16F3NO2. The zero-order valence-electron chi connectivity index (χ0n) is 8.96. The number of carboxylic acids is 1. The number of hydrogen-bond donors (Lipinski definition) is 1. The van der Waals surface area contributed by atoms with Crippen LogP contribution >= 0.6 is 0 Å². The van der Waals surface area contributed by atoms with Gasteiger partial charge in [0.05, 0.1) is 12.3 Å². The van der Waals surface area contributed by atoms with Crippen LogP contribution in [0, 0.1) is 5.92 Å². The maximum Gasteiger partial charge on any atom is 0.390 e. The number of hydrogen-bond acceptors (Lipinski definition) is 2. The van der Waals surface area contributed by atoms with Gasteiger partial charge in [0.2, 0.25) is 0 Å². The second-order valence-electron chi connectivity index (χ2n) is 4.17. The van der Waals surface area contributed by atoms with Crippen molar-refractivity contribution in [1.29, 1.82) is 0 Å². The minimum atomic E-state index is -4.13. The molecule has 1 heterocycles. The first-order valence-corrected chi connectivity index (χ1v) is 5.40. The van der Waals surface area contributed by atoms with Crippen LogP contribution in [0.2, 0.25) is 0 Å². The van der Waals surface area contributed by atoms with Gasteiger partial charge >= 0.3 is 12.1 Å². The molecule has 6 heteroatoms. The molecule has 1 aliphatic heterocycles. The van der Waals surface area contributed by atoms with E-state index < -0.39 is 24.5 Å². The summed E-state index contributed by atoms with van der Waals surface area (Å²) in [4.78, 5) is 12.4. The van der Waals surface area contributed by atoms with E-state index in [0.717, 1.165) is 0 Å². The van der Waals surface area contributed by atoms with E-state index in [2.05, 4.69) is 0 Å². The molecule has 0 aromatic heterocycles. The summed E-state index contributed by atoms with van der Waals surface area (Å²) in [5.74, 6) is -1.23. The van der Waals surface area contributed by atoms with Crippen LogP contribution < -0.4 is 0 Å². The van der Waals surface area contributed by atoms with Crippen molar-refractivity contribution in [2.24, 2.45) is 5.92 Å². The molecule has 0 amide bonds. The second-order valence-corrected chi connectivity index (χ2v) is 4.17.